The number of fused-ring (bicyclic) bond motifs is 1. The Balaban J connectivity index is 1.26. The van der Waals surface area contributed by atoms with E-state index in [2.05, 4.69) is 23.8 Å². The SMILES string of the molecule is CCCCCCCCCC1CCc2cc(-c3ncc(OCC4OC4CCCCCC)cn3)c(F)c(F)c2C1. The Bertz CT molecular complexity index is 998. The first-order valence-corrected chi connectivity index (χ1v) is 15.2. The van der Waals surface area contributed by atoms with Gasteiger partial charge in [-0.25, -0.2) is 18.7 Å². The van der Waals surface area contributed by atoms with E-state index in [1.165, 1.54) is 83.0 Å². The summed E-state index contributed by atoms with van der Waals surface area (Å²) in [5.74, 6) is -0.413. The summed E-state index contributed by atoms with van der Waals surface area (Å²) in [6.07, 6.45) is 22.0. The second-order valence-corrected chi connectivity index (χ2v) is 11.3. The van der Waals surface area contributed by atoms with Gasteiger partial charge in [0.25, 0.3) is 0 Å². The molecule has 0 bridgehead atoms. The molecule has 4 rings (SSSR count). The summed E-state index contributed by atoms with van der Waals surface area (Å²) in [5, 5.41) is 0. The summed E-state index contributed by atoms with van der Waals surface area (Å²) < 4.78 is 41.7. The molecule has 0 spiro atoms. The van der Waals surface area contributed by atoms with Crippen molar-refractivity contribution in [3.63, 3.8) is 0 Å². The van der Waals surface area contributed by atoms with Crippen LogP contribution in [0.2, 0.25) is 0 Å². The highest BCUT2D eigenvalue weighted by Gasteiger charge is 2.38. The number of aromatic nitrogens is 2. The Morgan fingerprint density at radius 1 is 0.842 bits per heavy atom. The molecule has 1 aromatic carbocycles. The minimum Gasteiger partial charge on any atom is -0.488 e. The van der Waals surface area contributed by atoms with E-state index in [4.69, 9.17) is 9.47 Å². The second-order valence-electron chi connectivity index (χ2n) is 11.3. The number of ether oxygens (including phenoxy) is 2. The maximum absolute atomic E-state index is 15.2. The standard InChI is InChI=1S/C32H46F2N2O2/c1-3-5-7-9-10-11-12-14-23-16-17-24-19-27(31(34)30(33)26(24)18-23)32-35-20-25(21-36-32)37-22-29-28(38-29)15-13-8-6-4-2/h19-21,23,28-29H,3-18,22H2,1-2H3. The van der Waals surface area contributed by atoms with E-state index in [1.807, 2.05) is 0 Å². The van der Waals surface area contributed by atoms with Crippen molar-refractivity contribution in [2.45, 2.75) is 129 Å². The zero-order valence-corrected chi connectivity index (χ0v) is 23.5. The van der Waals surface area contributed by atoms with Gasteiger partial charge in [-0.3, -0.25) is 0 Å². The molecule has 3 unspecified atom stereocenters. The van der Waals surface area contributed by atoms with Gasteiger partial charge in [0.1, 0.15) is 12.7 Å². The van der Waals surface area contributed by atoms with Crippen LogP contribution in [0.4, 0.5) is 8.78 Å². The van der Waals surface area contributed by atoms with Crippen LogP contribution in [0, 0.1) is 17.6 Å². The molecular formula is C32H46F2N2O2. The smallest absolute Gasteiger partial charge is 0.170 e. The minimum absolute atomic E-state index is 0.123. The van der Waals surface area contributed by atoms with Crippen molar-refractivity contribution in [1.29, 1.82) is 0 Å². The molecule has 3 atom stereocenters. The highest BCUT2D eigenvalue weighted by atomic mass is 19.2. The Morgan fingerprint density at radius 2 is 1.50 bits per heavy atom. The summed E-state index contributed by atoms with van der Waals surface area (Å²) >= 11 is 0. The van der Waals surface area contributed by atoms with E-state index in [0.29, 0.717) is 30.3 Å². The number of aryl methyl sites for hydroxylation is 1. The molecule has 1 saturated heterocycles. The van der Waals surface area contributed by atoms with Crippen molar-refractivity contribution in [1.82, 2.24) is 9.97 Å². The van der Waals surface area contributed by atoms with Gasteiger partial charge in [-0.2, -0.15) is 0 Å². The van der Waals surface area contributed by atoms with Gasteiger partial charge in [-0.1, -0.05) is 90.9 Å². The number of epoxide rings is 1. The van der Waals surface area contributed by atoms with Crippen molar-refractivity contribution < 1.29 is 18.3 Å². The van der Waals surface area contributed by atoms with Gasteiger partial charge >= 0.3 is 0 Å². The third-order valence-corrected chi connectivity index (χ3v) is 8.24. The van der Waals surface area contributed by atoms with E-state index in [-0.39, 0.29) is 23.6 Å². The first-order chi connectivity index (χ1) is 18.6. The number of halogens is 2. The van der Waals surface area contributed by atoms with Crippen molar-refractivity contribution in [3.05, 3.63) is 41.2 Å². The first-order valence-electron chi connectivity index (χ1n) is 15.2. The fourth-order valence-electron chi connectivity index (χ4n) is 5.77. The lowest BCUT2D eigenvalue weighted by Gasteiger charge is -2.26. The van der Waals surface area contributed by atoms with Gasteiger partial charge in [0.15, 0.2) is 23.2 Å². The highest BCUT2D eigenvalue weighted by molar-refractivity contribution is 5.59. The largest absolute Gasteiger partial charge is 0.488 e. The van der Waals surface area contributed by atoms with E-state index in [0.717, 1.165) is 31.2 Å². The second kappa shape index (κ2) is 14.9. The Kier molecular flexibility index (Phi) is 11.3. The molecule has 4 nitrogen and oxygen atoms in total. The van der Waals surface area contributed by atoms with Gasteiger partial charge < -0.3 is 9.47 Å². The lowest BCUT2D eigenvalue weighted by atomic mass is 9.80. The van der Waals surface area contributed by atoms with E-state index in [1.54, 1.807) is 6.07 Å². The van der Waals surface area contributed by atoms with Crippen molar-refractivity contribution >= 4 is 0 Å². The quantitative estimate of drug-likeness (QED) is 0.152. The molecule has 210 valence electrons. The molecule has 0 amide bonds. The highest BCUT2D eigenvalue weighted by Crippen LogP contribution is 2.35. The monoisotopic (exact) mass is 528 g/mol. The van der Waals surface area contributed by atoms with Gasteiger partial charge in [0.2, 0.25) is 0 Å². The molecule has 1 aliphatic heterocycles. The van der Waals surface area contributed by atoms with E-state index in [9.17, 15) is 0 Å². The molecule has 2 heterocycles. The molecule has 0 N–H and O–H groups in total. The number of rotatable bonds is 17. The van der Waals surface area contributed by atoms with Crippen molar-refractivity contribution in [2.75, 3.05) is 6.61 Å². The molecule has 2 aliphatic rings. The minimum atomic E-state index is -0.841. The van der Waals surface area contributed by atoms with Gasteiger partial charge in [0, 0.05) is 0 Å². The number of unbranched alkanes of at least 4 members (excludes halogenated alkanes) is 9. The average molecular weight is 529 g/mol. The molecule has 6 heteroatoms. The van der Waals surface area contributed by atoms with Crippen molar-refractivity contribution in [3.8, 4) is 17.1 Å². The predicted octanol–water partition coefficient (Wildman–Crippen LogP) is 8.78. The van der Waals surface area contributed by atoms with Crippen LogP contribution < -0.4 is 4.74 Å². The van der Waals surface area contributed by atoms with Gasteiger partial charge in [-0.15, -0.1) is 0 Å². The Hall–Kier alpha value is -2.08. The topological polar surface area (TPSA) is 47.5 Å². The van der Waals surface area contributed by atoms with Gasteiger partial charge in [0.05, 0.1) is 24.1 Å². The molecule has 1 fully saturated rings. The maximum Gasteiger partial charge on any atom is 0.170 e. The van der Waals surface area contributed by atoms with E-state index < -0.39 is 11.6 Å². The molecule has 1 aliphatic carbocycles. The van der Waals surface area contributed by atoms with Crippen LogP contribution in [0.25, 0.3) is 11.4 Å². The van der Waals surface area contributed by atoms with Crippen molar-refractivity contribution in [2.24, 2.45) is 5.92 Å². The molecule has 0 saturated carbocycles. The summed E-state index contributed by atoms with van der Waals surface area (Å²) in [7, 11) is 0. The number of hydrogen-bond donors (Lipinski definition) is 0. The zero-order chi connectivity index (χ0) is 26.7. The van der Waals surface area contributed by atoms with Crippen LogP contribution >= 0.6 is 0 Å². The molecule has 2 aromatic rings. The Labute approximate surface area is 228 Å². The normalized spacial score (nSPS) is 20.4. The summed E-state index contributed by atoms with van der Waals surface area (Å²) in [6, 6.07) is 1.76. The van der Waals surface area contributed by atoms with Gasteiger partial charge in [-0.05, 0) is 48.8 Å². The number of nitrogens with zero attached hydrogens (tertiary/aromatic N) is 2. The maximum atomic E-state index is 15.2. The molecule has 1 aromatic heterocycles. The predicted molar refractivity (Wildman–Crippen MR) is 148 cm³/mol. The summed E-state index contributed by atoms with van der Waals surface area (Å²) in [4.78, 5) is 8.59. The Morgan fingerprint density at radius 3 is 2.24 bits per heavy atom. The fraction of sp³-hybridized carbons (Fsp3) is 0.688. The van der Waals surface area contributed by atoms with Crippen LogP contribution in [0.15, 0.2) is 18.5 Å². The van der Waals surface area contributed by atoms with Crippen LogP contribution in [0.3, 0.4) is 0 Å². The third kappa shape index (κ3) is 8.21. The molecular weight excluding hydrogens is 482 g/mol. The molecule has 38 heavy (non-hydrogen) atoms. The summed E-state index contributed by atoms with van der Waals surface area (Å²) in [6.45, 7) is 4.91. The molecule has 0 radical (unpaired) electrons. The van der Waals surface area contributed by atoms with E-state index >= 15 is 8.78 Å². The number of benzene rings is 1. The third-order valence-electron chi connectivity index (χ3n) is 8.24. The average Bonchev–Trinajstić information content (AvgIpc) is 3.70. The van der Waals surface area contributed by atoms with Crippen LogP contribution in [0.1, 0.15) is 115 Å². The van der Waals surface area contributed by atoms with Crippen LogP contribution in [-0.2, 0) is 17.6 Å². The first kappa shape index (κ1) is 28.9. The van der Waals surface area contributed by atoms with Crippen LogP contribution in [0.5, 0.6) is 5.75 Å². The zero-order valence-electron chi connectivity index (χ0n) is 23.5. The summed E-state index contributed by atoms with van der Waals surface area (Å²) in [5.41, 5.74) is 1.59. The fourth-order valence-corrected chi connectivity index (χ4v) is 5.77. The van der Waals surface area contributed by atoms with Crippen LogP contribution in [-0.4, -0.2) is 28.8 Å². The lowest BCUT2D eigenvalue weighted by Crippen LogP contribution is -2.17. The lowest BCUT2D eigenvalue weighted by molar-refractivity contribution is 0.258. The number of hydrogen-bond acceptors (Lipinski definition) is 4.